The van der Waals surface area contributed by atoms with E-state index in [2.05, 4.69) is 15.6 Å². The van der Waals surface area contributed by atoms with Crippen LogP contribution in [0, 0.1) is 12.7 Å². The Morgan fingerprint density at radius 3 is 2.37 bits per heavy atom. The summed E-state index contributed by atoms with van der Waals surface area (Å²) < 4.78 is 40.2. The molecule has 146 valence electrons. The highest BCUT2D eigenvalue weighted by atomic mass is 32.2. The Morgan fingerprint density at radius 1 is 1.11 bits per heavy atom. The first-order valence-electron chi connectivity index (χ1n) is 8.02. The fourth-order valence-electron chi connectivity index (χ4n) is 2.27. The zero-order valence-electron chi connectivity index (χ0n) is 15.5. The molecule has 8 nitrogen and oxygen atoms in total. The van der Waals surface area contributed by atoms with Gasteiger partial charge in [0.25, 0.3) is 10.2 Å². The summed E-state index contributed by atoms with van der Waals surface area (Å²) in [4.78, 5) is 16.1. The van der Waals surface area contributed by atoms with E-state index in [0.717, 1.165) is 20.4 Å². The molecule has 0 atom stereocenters. The Kier molecular flexibility index (Phi) is 6.47. The maximum Gasteiger partial charge on any atom is 0.323 e. The van der Waals surface area contributed by atoms with Crippen LogP contribution in [0.15, 0.2) is 36.5 Å². The fourth-order valence-corrected chi connectivity index (χ4v) is 3.14. The summed E-state index contributed by atoms with van der Waals surface area (Å²) in [6.07, 6.45) is 1.51. The van der Waals surface area contributed by atoms with E-state index in [1.165, 1.54) is 39.5 Å². The molecule has 0 spiro atoms. The molecule has 2 rings (SSSR count). The quantitative estimate of drug-likeness (QED) is 0.785. The Balaban J connectivity index is 2.10. The normalized spacial score (nSPS) is 11.7. The molecule has 1 aromatic heterocycles. The highest BCUT2D eigenvalue weighted by Crippen LogP contribution is 2.17. The van der Waals surface area contributed by atoms with E-state index in [4.69, 9.17) is 0 Å². The fraction of sp³-hybridized carbons (Fsp3) is 0.294. The van der Waals surface area contributed by atoms with Crippen molar-refractivity contribution >= 4 is 27.6 Å². The second-order valence-corrected chi connectivity index (χ2v) is 8.41. The molecule has 1 aromatic carbocycles. The molecule has 0 unspecified atom stereocenters. The number of pyridine rings is 1. The Labute approximate surface area is 158 Å². The average molecular weight is 395 g/mol. The van der Waals surface area contributed by atoms with Crippen LogP contribution in [0.25, 0.3) is 0 Å². The lowest BCUT2D eigenvalue weighted by Crippen LogP contribution is -2.36. The number of anilines is 2. The van der Waals surface area contributed by atoms with E-state index in [1.807, 2.05) is 6.92 Å². The molecule has 10 heteroatoms. The standard InChI is InChI=1S/C17H22FN5O3S/c1-12-5-6-15(10-19-12)20-17(24)21-16-8-13(7-14(18)9-16)11-23(4)27(25,26)22(2)3/h5-10H,11H2,1-4H3,(H2,20,21,24). The Morgan fingerprint density at radius 2 is 1.78 bits per heavy atom. The number of halogens is 1. The van der Waals surface area contributed by atoms with Crippen LogP contribution in [-0.2, 0) is 16.8 Å². The number of benzene rings is 1. The van der Waals surface area contributed by atoms with Gasteiger partial charge in [0.1, 0.15) is 5.82 Å². The summed E-state index contributed by atoms with van der Waals surface area (Å²) in [5.74, 6) is -0.588. The van der Waals surface area contributed by atoms with Gasteiger partial charge in [-0.1, -0.05) is 0 Å². The Bertz CT molecular complexity index is 917. The highest BCUT2D eigenvalue weighted by Gasteiger charge is 2.21. The van der Waals surface area contributed by atoms with Gasteiger partial charge in [0, 0.05) is 39.1 Å². The third kappa shape index (κ3) is 5.71. The van der Waals surface area contributed by atoms with Crippen molar-refractivity contribution in [3.05, 3.63) is 53.6 Å². The molecular weight excluding hydrogens is 373 g/mol. The molecule has 2 amide bonds. The lowest BCUT2D eigenvalue weighted by atomic mass is 10.2. The summed E-state index contributed by atoms with van der Waals surface area (Å²) >= 11 is 0. The van der Waals surface area contributed by atoms with Crippen LogP contribution in [0.2, 0.25) is 0 Å². The lowest BCUT2D eigenvalue weighted by Gasteiger charge is -2.21. The second kappa shape index (κ2) is 8.42. The summed E-state index contributed by atoms with van der Waals surface area (Å²) in [5, 5.41) is 5.11. The van der Waals surface area contributed by atoms with Crippen molar-refractivity contribution in [2.75, 3.05) is 31.8 Å². The maximum atomic E-state index is 13.9. The van der Waals surface area contributed by atoms with Crippen molar-refractivity contribution in [3.63, 3.8) is 0 Å². The highest BCUT2D eigenvalue weighted by molar-refractivity contribution is 7.86. The average Bonchev–Trinajstić information content (AvgIpc) is 2.56. The summed E-state index contributed by atoms with van der Waals surface area (Å²) in [6.45, 7) is 1.78. The maximum absolute atomic E-state index is 13.9. The van der Waals surface area contributed by atoms with Crippen molar-refractivity contribution in [2.24, 2.45) is 0 Å². The van der Waals surface area contributed by atoms with Crippen LogP contribution in [-0.4, -0.2) is 49.2 Å². The van der Waals surface area contributed by atoms with E-state index < -0.39 is 22.1 Å². The van der Waals surface area contributed by atoms with Crippen LogP contribution >= 0.6 is 0 Å². The van der Waals surface area contributed by atoms with E-state index in [9.17, 15) is 17.6 Å². The van der Waals surface area contributed by atoms with Crippen LogP contribution in [0.1, 0.15) is 11.3 Å². The molecule has 0 aliphatic heterocycles. The number of urea groups is 1. The van der Waals surface area contributed by atoms with Crippen molar-refractivity contribution in [3.8, 4) is 0 Å². The van der Waals surface area contributed by atoms with Gasteiger partial charge in [-0.15, -0.1) is 0 Å². The predicted molar refractivity (Wildman–Crippen MR) is 102 cm³/mol. The largest absolute Gasteiger partial charge is 0.323 e. The number of rotatable bonds is 6. The van der Waals surface area contributed by atoms with Crippen molar-refractivity contribution in [2.45, 2.75) is 13.5 Å². The first kappa shape index (κ1) is 20.7. The minimum Gasteiger partial charge on any atom is -0.308 e. The SMILES string of the molecule is Cc1ccc(NC(=O)Nc2cc(F)cc(CN(C)S(=O)(=O)N(C)C)c2)cn1. The van der Waals surface area contributed by atoms with Gasteiger partial charge in [-0.2, -0.15) is 17.0 Å². The molecular formula is C17H22FN5O3S. The molecule has 0 radical (unpaired) electrons. The smallest absolute Gasteiger partial charge is 0.308 e. The number of nitrogens with one attached hydrogen (secondary N) is 2. The predicted octanol–water partition coefficient (Wildman–Crippen LogP) is 2.41. The summed E-state index contributed by atoms with van der Waals surface area (Å²) in [6, 6.07) is 6.76. The first-order valence-corrected chi connectivity index (χ1v) is 9.41. The molecule has 0 fully saturated rings. The van der Waals surface area contributed by atoms with Gasteiger partial charge >= 0.3 is 6.03 Å². The zero-order valence-corrected chi connectivity index (χ0v) is 16.3. The minimum absolute atomic E-state index is 0.0452. The van der Waals surface area contributed by atoms with Gasteiger partial charge in [0.05, 0.1) is 11.9 Å². The zero-order chi connectivity index (χ0) is 20.2. The lowest BCUT2D eigenvalue weighted by molar-refractivity contribution is 0.262. The number of aryl methyl sites for hydroxylation is 1. The Hall–Kier alpha value is -2.56. The van der Waals surface area contributed by atoms with Crippen LogP contribution in [0.5, 0.6) is 0 Å². The molecule has 27 heavy (non-hydrogen) atoms. The molecule has 0 aliphatic rings. The van der Waals surface area contributed by atoms with Gasteiger partial charge < -0.3 is 10.6 Å². The second-order valence-electron chi connectivity index (χ2n) is 6.16. The van der Waals surface area contributed by atoms with Gasteiger partial charge in [-0.25, -0.2) is 9.18 Å². The van der Waals surface area contributed by atoms with E-state index in [-0.39, 0.29) is 12.2 Å². The van der Waals surface area contributed by atoms with E-state index >= 15 is 0 Å². The van der Waals surface area contributed by atoms with Crippen LogP contribution in [0.3, 0.4) is 0 Å². The third-order valence-corrected chi connectivity index (χ3v) is 5.48. The van der Waals surface area contributed by atoms with Gasteiger partial charge in [0.15, 0.2) is 0 Å². The number of carbonyl (C=O) groups excluding carboxylic acids is 1. The van der Waals surface area contributed by atoms with Crippen molar-refractivity contribution in [1.82, 2.24) is 13.6 Å². The van der Waals surface area contributed by atoms with Crippen LogP contribution < -0.4 is 10.6 Å². The van der Waals surface area contributed by atoms with Crippen LogP contribution in [0.4, 0.5) is 20.6 Å². The molecule has 0 aliphatic carbocycles. The molecule has 2 N–H and O–H groups in total. The number of nitrogens with zero attached hydrogens (tertiary/aromatic N) is 3. The molecule has 1 heterocycles. The minimum atomic E-state index is -3.63. The van der Waals surface area contributed by atoms with Gasteiger partial charge in [-0.3, -0.25) is 4.98 Å². The summed E-state index contributed by atoms with van der Waals surface area (Å²) in [5.41, 5.74) is 1.91. The topological polar surface area (TPSA) is 94.6 Å². The molecule has 0 saturated heterocycles. The summed E-state index contributed by atoms with van der Waals surface area (Å²) in [7, 11) is 0.586. The van der Waals surface area contributed by atoms with Crippen molar-refractivity contribution < 1.29 is 17.6 Å². The molecule has 0 saturated carbocycles. The third-order valence-electron chi connectivity index (χ3n) is 3.65. The molecule has 2 aromatic rings. The monoisotopic (exact) mass is 395 g/mol. The first-order chi connectivity index (χ1) is 12.6. The number of hydrogen-bond donors (Lipinski definition) is 2. The number of amides is 2. The van der Waals surface area contributed by atoms with Gasteiger partial charge in [0.2, 0.25) is 0 Å². The molecule has 0 bridgehead atoms. The van der Waals surface area contributed by atoms with Gasteiger partial charge in [-0.05, 0) is 42.8 Å². The number of aromatic nitrogens is 1. The number of hydrogen-bond acceptors (Lipinski definition) is 4. The number of carbonyl (C=O) groups is 1. The van der Waals surface area contributed by atoms with Crippen molar-refractivity contribution in [1.29, 1.82) is 0 Å². The van der Waals surface area contributed by atoms with E-state index in [0.29, 0.717) is 11.3 Å². The van der Waals surface area contributed by atoms with E-state index in [1.54, 1.807) is 12.1 Å².